The first kappa shape index (κ1) is 21.5. The highest BCUT2D eigenvalue weighted by Crippen LogP contribution is 2.38. The zero-order valence-corrected chi connectivity index (χ0v) is 19.9. The number of fused-ring (bicyclic) bond motifs is 2. The Bertz CT molecular complexity index is 1370. The minimum absolute atomic E-state index is 0.0252. The summed E-state index contributed by atoms with van der Waals surface area (Å²) >= 11 is 1.47. The minimum atomic E-state index is 0.0252. The molecular formula is C29H26N2OS. The fourth-order valence-corrected chi connectivity index (χ4v) is 5.27. The molecule has 33 heavy (non-hydrogen) atoms. The Morgan fingerprint density at radius 2 is 1.55 bits per heavy atom. The molecule has 0 saturated carbocycles. The van der Waals surface area contributed by atoms with E-state index >= 15 is 0 Å². The number of aryl methyl sites for hydroxylation is 1. The van der Waals surface area contributed by atoms with Crippen molar-refractivity contribution in [2.75, 3.05) is 0 Å². The summed E-state index contributed by atoms with van der Waals surface area (Å²) in [6.45, 7) is 6.25. The van der Waals surface area contributed by atoms with Crippen molar-refractivity contribution in [1.82, 2.24) is 4.90 Å². The summed E-state index contributed by atoms with van der Waals surface area (Å²) in [5.41, 5.74) is 3.14. The van der Waals surface area contributed by atoms with Crippen LogP contribution in [0.15, 0.2) is 88.8 Å². The number of aliphatic imine (C=N–C) groups is 1. The van der Waals surface area contributed by atoms with Crippen molar-refractivity contribution in [2.24, 2.45) is 4.99 Å². The third kappa shape index (κ3) is 4.07. The largest absolute Gasteiger partial charge is 0.284 e. The number of carbonyl (C=O) groups is 1. The van der Waals surface area contributed by atoms with Gasteiger partial charge in [-0.25, -0.2) is 4.99 Å². The summed E-state index contributed by atoms with van der Waals surface area (Å²) in [5.74, 6) is 0.0252. The Morgan fingerprint density at radius 1 is 0.939 bits per heavy atom. The van der Waals surface area contributed by atoms with Crippen LogP contribution < -0.4 is 0 Å². The van der Waals surface area contributed by atoms with E-state index in [1.807, 2.05) is 29.2 Å². The summed E-state index contributed by atoms with van der Waals surface area (Å²) in [5, 5.41) is 5.39. The number of benzene rings is 4. The minimum Gasteiger partial charge on any atom is -0.284 e. The van der Waals surface area contributed by atoms with Gasteiger partial charge in [-0.1, -0.05) is 73.2 Å². The van der Waals surface area contributed by atoms with Gasteiger partial charge in [0.1, 0.15) is 0 Å². The predicted octanol–water partition coefficient (Wildman–Crippen LogP) is 7.70. The highest BCUT2D eigenvalue weighted by molar-refractivity contribution is 8.18. The maximum absolute atomic E-state index is 13.6. The van der Waals surface area contributed by atoms with Crippen molar-refractivity contribution in [3.8, 4) is 0 Å². The normalized spacial score (nSPS) is 17.5. The van der Waals surface area contributed by atoms with Gasteiger partial charge in [-0.05, 0) is 83.4 Å². The number of thioether (sulfide) groups is 1. The van der Waals surface area contributed by atoms with Crippen molar-refractivity contribution in [3.05, 3.63) is 94.9 Å². The summed E-state index contributed by atoms with van der Waals surface area (Å²) in [4.78, 5) is 21.0. The van der Waals surface area contributed by atoms with Gasteiger partial charge in [0.05, 0.1) is 10.6 Å². The molecule has 3 nitrogen and oxygen atoms in total. The number of nitrogens with zero attached hydrogens (tertiary/aromatic N) is 2. The first-order valence-corrected chi connectivity index (χ1v) is 12.2. The van der Waals surface area contributed by atoms with Crippen LogP contribution in [0.2, 0.25) is 0 Å². The lowest BCUT2D eigenvalue weighted by molar-refractivity contribution is -0.123. The maximum atomic E-state index is 13.6. The molecule has 1 aliphatic rings. The Balaban J connectivity index is 1.66. The summed E-state index contributed by atoms with van der Waals surface area (Å²) in [7, 11) is 0. The SMILES string of the molecule is CC[C@@H](C)N1C(=O)/C(=C\c2c3ccccc3cc3ccccc23)SC1=Nc1ccc(C)cc1. The van der Waals surface area contributed by atoms with Gasteiger partial charge in [-0.15, -0.1) is 0 Å². The van der Waals surface area contributed by atoms with Crippen LogP contribution in [-0.4, -0.2) is 22.0 Å². The van der Waals surface area contributed by atoms with E-state index < -0.39 is 0 Å². The van der Waals surface area contributed by atoms with Crippen molar-refractivity contribution >= 4 is 56.1 Å². The highest BCUT2D eigenvalue weighted by Gasteiger charge is 2.36. The average Bonchev–Trinajstić information content (AvgIpc) is 3.14. The molecule has 1 atom stereocenters. The van der Waals surface area contributed by atoms with Gasteiger partial charge in [0.25, 0.3) is 5.91 Å². The van der Waals surface area contributed by atoms with Crippen LogP contribution in [-0.2, 0) is 4.79 Å². The molecule has 1 fully saturated rings. The highest BCUT2D eigenvalue weighted by atomic mass is 32.2. The van der Waals surface area contributed by atoms with Gasteiger partial charge in [-0.2, -0.15) is 0 Å². The molecule has 1 saturated heterocycles. The molecule has 0 radical (unpaired) electrons. The Labute approximate surface area is 198 Å². The number of hydrogen-bond donors (Lipinski definition) is 0. The quantitative estimate of drug-likeness (QED) is 0.236. The molecule has 5 rings (SSSR count). The zero-order chi connectivity index (χ0) is 22.9. The summed E-state index contributed by atoms with van der Waals surface area (Å²) in [6.07, 6.45) is 2.93. The van der Waals surface area contributed by atoms with Gasteiger partial charge in [0.2, 0.25) is 0 Å². The number of carbonyl (C=O) groups excluding carboxylic acids is 1. The molecule has 0 N–H and O–H groups in total. The molecular weight excluding hydrogens is 424 g/mol. The van der Waals surface area contributed by atoms with Crippen molar-refractivity contribution < 1.29 is 4.79 Å². The van der Waals surface area contributed by atoms with Crippen LogP contribution >= 0.6 is 11.8 Å². The van der Waals surface area contributed by atoms with Gasteiger partial charge in [-0.3, -0.25) is 9.69 Å². The maximum Gasteiger partial charge on any atom is 0.267 e. The van der Waals surface area contributed by atoms with E-state index in [9.17, 15) is 4.79 Å². The van der Waals surface area contributed by atoms with Crippen LogP contribution in [0.3, 0.4) is 0 Å². The van der Waals surface area contributed by atoms with Crippen LogP contribution in [0.1, 0.15) is 31.4 Å². The van der Waals surface area contributed by atoms with Gasteiger partial charge < -0.3 is 0 Å². The van der Waals surface area contributed by atoms with Crippen LogP contribution in [0.5, 0.6) is 0 Å². The smallest absolute Gasteiger partial charge is 0.267 e. The first-order chi connectivity index (χ1) is 16.0. The second-order valence-corrected chi connectivity index (χ2v) is 9.51. The van der Waals surface area contributed by atoms with E-state index in [0.717, 1.165) is 33.6 Å². The van der Waals surface area contributed by atoms with Crippen LogP contribution in [0.4, 0.5) is 5.69 Å². The number of amides is 1. The Kier molecular flexibility index (Phi) is 5.77. The fraction of sp³-hybridized carbons (Fsp3) is 0.172. The molecule has 0 aromatic heterocycles. The van der Waals surface area contributed by atoms with E-state index in [2.05, 4.69) is 81.4 Å². The molecule has 0 unspecified atom stereocenters. The van der Waals surface area contributed by atoms with Gasteiger partial charge in [0.15, 0.2) is 5.17 Å². The molecule has 0 aliphatic carbocycles. The van der Waals surface area contributed by atoms with E-state index in [1.165, 1.54) is 28.1 Å². The summed E-state index contributed by atoms with van der Waals surface area (Å²) in [6, 6.07) is 27.1. The lowest BCUT2D eigenvalue weighted by Gasteiger charge is -2.22. The first-order valence-electron chi connectivity index (χ1n) is 11.3. The van der Waals surface area contributed by atoms with E-state index in [4.69, 9.17) is 4.99 Å². The van der Waals surface area contributed by atoms with Crippen LogP contribution in [0, 0.1) is 6.92 Å². The lowest BCUT2D eigenvalue weighted by atomic mass is 9.96. The predicted molar refractivity (Wildman–Crippen MR) is 142 cm³/mol. The second kappa shape index (κ2) is 8.87. The topological polar surface area (TPSA) is 32.7 Å². The van der Waals surface area contributed by atoms with Crippen LogP contribution in [0.25, 0.3) is 27.6 Å². The Morgan fingerprint density at radius 3 is 2.15 bits per heavy atom. The average molecular weight is 451 g/mol. The molecule has 4 aromatic carbocycles. The monoisotopic (exact) mass is 450 g/mol. The molecule has 164 valence electrons. The standard InChI is InChI=1S/C29H26N2OS/c1-4-20(3)31-28(32)27(33-29(31)30-23-15-13-19(2)14-16-23)18-26-24-11-7-5-9-21(24)17-22-10-6-8-12-25(22)26/h5-18,20H,4H2,1-3H3/b27-18+,30-29?/t20-/m1/s1. The van der Waals surface area contributed by atoms with Crippen molar-refractivity contribution in [2.45, 2.75) is 33.2 Å². The van der Waals surface area contributed by atoms with Crippen molar-refractivity contribution in [1.29, 1.82) is 0 Å². The van der Waals surface area contributed by atoms with E-state index in [0.29, 0.717) is 4.91 Å². The Hall–Kier alpha value is -3.37. The molecule has 0 bridgehead atoms. The van der Waals surface area contributed by atoms with E-state index in [1.54, 1.807) is 0 Å². The summed E-state index contributed by atoms with van der Waals surface area (Å²) < 4.78 is 0. The number of amidine groups is 1. The lowest BCUT2D eigenvalue weighted by Crippen LogP contribution is -2.36. The third-order valence-electron chi connectivity index (χ3n) is 6.22. The van der Waals surface area contributed by atoms with Gasteiger partial charge >= 0.3 is 0 Å². The van der Waals surface area contributed by atoms with Crippen molar-refractivity contribution in [3.63, 3.8) is 0 Å². The fourth-order valence-electron chi connectivity index (χ4n) is 4.20. The van der Waals surface area contributed by atoms with Gasteiger partial charge in [0, 0.05) is 6.04 Å². The molecule has 0 spiro atoms. The second-order valence-electron chi connectivity index (χ2n) is 8.51. The van der Waals surface area contributed by atoms with E-state index in [-0.39, 0.29) is 11.9 Å². The zero-order valence-electron chi connectivity index (χ0n) is 19.1. The molecule has 1 aliphatic heterocycles. The molecule has 1 amide bonds. The number of hydrogen-bond acceptors (Lipinski definition) is 3. The third-order valence-corrected chi connectivity index (χ3v) is 7.20. The molecule has 4 heteroatoms. The molecule has 4 aromatic rings. The number of rotatable bonds is 4. The molecule has 1 heterocycles.